The van der Waals surface area contributed by atoms with E-state index >= 15 is 0 Å². The number of nitrogens with one attached hydrogen (secondary N) is 1. The lowest BCUT2D eigenvalue weighted by Gasteiger charge is -2.12. The van der Waals surface area contributed by atoms with Crippen molar-refractivity contribution >= 4 is 28.1 Å². The van der Waals surface area contributed by atoms with E-state index in [1.54, 1.807) is 12.1 Å². The number of nitro benzene ring substituents is 1. The van der Waals surface area contributed by atoms with Crippen LogP contribution in [0, 0.1) is 15.9 Å². The molecule has 1 aliphatic carbocycles. The van der Waals surface area contributed by atoms with Crippen molar-refractivity contribution in [3.8, 4) is 0 Å². The van der Waals surface area contributed by atoms with Crippen LogP contribution in [-0.4, -0.2) is 15.2 Å². The zero-order valence-corrected chi connectivity index (χ0v) is 11.8. The van der Waals surface area contributed by atoms with Gasteiger partial charge in [-0.15, -0.1) is 0 Å². The molecule has 0 unspecified atom stereocenters. The standard InChI is InChI=1S/C15H11FN4O3/c16-9-3-4-11(10(7-9)8-1-2-8)17-12-5-6-13(20(21)22)15-14(12)18-23-19-15/h3-8,17H,1-2H2. The molecule has 7 nitrogen and oxygen atoms in total. The Balaban J connectivity index is 1.78. The second kappa shape index (κ2) is 5.01. The van der Waals surface area contributed by atoms with Gasteiger partial charge in [0.25, 0.3) is 0 Å². The van der Waals surface area contributed by atoms with Crippen LogP contribution < -0.4 is 5.32 Å². The van der Waals surface area contributed by atoms with Crippen LogP contribution in [0.25, 0.3) is 11.0 Å². The molecule has 1 heterocycles. The Bertz CT molecular complexity index is 920. The second-order valence-corrected chi connectivity index (χ2v) is 5.48. The minimum absolute atomic E-state index is 0.0788. The number of nitrogens with zero attached hydrogens (tertiary/aromatic N) is 3. The third-order valence-electron chi connectivity index (χ3n) is 3.89. The lowest BCUT2D eigenvalue weighted by molar-refractivity contribution is -0.383. The Morgan fingerprint density at radius 3 is 2.65 bits per heavy atom. The van der Waals surface area contributed by atoms with Crippen LogP contribution in [0.3, 0.4) is 0 Å². The van der Waals surface area contributed by atoms with Gasteiger partial charge in [0.2, 0.25) is 5.52 Å². The third kappa shape index (κ3) is 2.37. The van der Waals surface area contributed by atoms with Crippen molar-refractivity contribution in [3.63, 3.8) is 0 Å². The lowest BCUT2D eigenvalue weighted by atomic mass is 10.1. The van der Waals surface area contributed by atoms with E-state index in [1.165, 1.54) is 18.2 Å². The normalized spacial score (nSPS) is 14.1. The van der Waals surface area contributed by atoms with Crippen LogP contribution in [0.1, 0.15) is 24.3 Å². The van der Waals surface area contributed by atoms with Crippen LogP contribution in [-0.2, 0) is 0 Å². The number of nitro groups is 1. The largest absolute Gasteiger partial charge is 0.353 e. The van der Waals surface area contributed by atoms with Crippen LogP contribution in [0.15, 0.2) is 35.0 Å². The number of aromatic nitrogens is 2. The summed E-state index contributed by atoms with van der Waals surface area (Å²) in [5.41, 5.74) is 2.36. The summed E-state index contributed by atoms with van der Waals surface area (Å²) in [5.74, 6) is 0.0616. The summed E-state index contributed by atoms with van der Waals surface area (Å²) in [5, 5.41) is 21.5. The van der Waals surface area contributed by atoms with E-state index in [0.717, 1.165) is 24.1 Å². The molecule has 2 aromatic carbocycles. The van der Waals surface area contributed by atoms with E-state index in [2.05, 4.69) is 20.3 Å². The van der Waals surface area contributed by atoms with Gasteiger partial charge < -0.3 is 5.32 Å². The number of halogens is 1. The lowest BCUT2D eigenvalue weighted by Crippen LogP contribution is -1.98. The average Bonchev–Trinajstić information content (AvgIpc) is 3.25. The van der Waals surface area contributed by atoms with E-state index in [1.807, 2.05) is 0 Å². The third-order valence-corrected chi connectivity index (χ3v) is 3.89. The molecule has 1 aromatic heterocycles. The van der Waals surface area contributed by atoms with Crippen molar-refractivity contribution < 1.29 is 13.9 Å². The van der Waals surface area contributed by atoms with Gasteiger partial charge in [0.05, 0.1) is 10.6 Å². The summed E-state index contributed by atoms with van der Waals surface area (Å²) >= 11 is 0. The maximum absolute atomic E-state index is 13.5. The van der Waals surface area contributed by atoms with Crippen molar-refractivity contribution in [3.05, 3.63) is 51.8 Å². The SMILES string of the molecule is O=[N+]([O-])c1ccc(Nc2ccc(F)cc2C2CC2)c2nonc12. The number of rotatable bonds is 4. The quantitative estimate of drug-likeness (QED) is 0.580. The van der Waals surface area contributed by atoms with E-state index < -0.39 is 4.92 Å². The van der Waals surface area contributed by atoms with Crippen LogP contribution in [0.2, 0.25) is 0 Å². The highest BCUT2D eigenvalue weighted by Gasteiger charge is 2.27. The summed E-state index contributed by atoms with van der Waals surface area (Å²) in [6.07, 6.45) is 2.05. The first-order chi connectivity index (χ1) is 11.1. The molecule has 0 bridgehead atoms. The molecule has 0 atom stereocenters. The Morgan fingerprint density at radius 1 is 1.17 bits per heavy atom. The Morgan fingerprint density at radius 2 is 1.91 bits per heavy atom. The molecule has 0 aliphatic heterocycles. The molecular formula is C15H11FN4O3. The maximum Gasteiger partial charge on any atom is 0.300 e. The van der Waals surface area contributed by atoms with Gasteiger partial charge in [-0.2, -0.15) is 0 Å². The molecule has 0 saturated heterocycles. The molecule has 23 heavy (non-hydrogen) atoms. The molecule has 1 saturated carbocycles. The Hall–Kier alpha value is -3.03. The van der Waals surface area contributed by atoms with Crippen molar-refractivity contribution in [1.29, 1.82) is 0 Å². The predicted octanol–water partition coefficient (Wildman–Crippen LogP) is 3.89. The number of hydrogen-bond donors (Lipinski definition) is 1. The molecule has 0 amide bonds. The molecular weight excluding hydrogens is 303 g/mol. The maximum atomic E-state index is 13.5. The van der Waals surface area contributed by atoms with Gasteiger partial charge in [-0.1, -0.05) is 0 Å². The highest BCUT2D eigenvalue weighted by Crippen LogP contribution is 2.44. The summed E-state index contributed by atoms with van der Waals surface area (Å²) < 4.78 is 18.1. The number of benzene rings is 2. The van der Waals surface area contributed by atoms with Gasteiger partial charge in [0, 0.05) is 11.8 Å². The monoisotopic (exact) mass is 314 g/mol. The molecule has 116 valence electrons. The van der Waals surface area contributed by atoms with Crippen molar-refractivity contribution in [1.82, 2.24) is 10.3 Å². The molecule has 3 aromatic rings. The zero-order valence-electron chi connectivity index (χ0n) is 11.8. The number of hydrogen-bond acceptors (Lipinski definition) is 6. The molecule has 0 spiro atoms. The smallest absolute Gasteiger partial charge is 0.300 e. The summed E-state index contributed by atoms with van der Waals surface area (Å²) in [6, 6.07) is 7.44. The number of non-ortho nitro benzene ring substituents is 1. The molecule has 1 fully saturated rings. The van der Waals surface area contributed by atoms with Gasteiger partial charge in [-0.05, 0) is 58.9 Å². The van der Waals surface area contributed by atoms with E-state index in [9.17, 15) is 14.5 Å². The molecule has 1 aliphatic rings. The molecule has 8 heteroatoms. The van der Waals surface area contributed by atoms with Gasteiger partial charge in [-0.25, -0.2) is 9.02 Å². The number of anilines is 2. The minimum atomic E-state index is -0.538. The molecule has 1 N–H and O–H groups in total. The summed E-state index contributed by atoms with van der Waals surface area (Å²) in [6.45, 7) is 0. The van der Waals surface area contributed by atoms with Crippen LogP contribution >= 0.6 is 0 Å². The number of fused-ring (bicyclic) bond motifs is 1. The van der Waals surface area contributed by atoms with Gasteiger partial charge in [0.15, 0.2) is 5.52 Å². The fraction of sp³-hybridized carbons (Fsp3) is 0.200. The fourth-order valence-corrected chi connectivity index (χ4v) is 2.63. The highest BCUT2D eigenvalue weighted by molar-refractivity contribution is 5.95. The summed E-state index contributed by atoms with van der Waals surface area (Å²) in [7, 11) is 0. The summed E-state index contributed by atoms with van der Waals surface area (Å²) in [4.78, 5) is 10.5. The Kier molecular flexibility index (Phi) is 2.97. The highest BCUT2D eigenvalue weighted by atomic mass is 19.1. The topological polar surface area (TPSA) is 94.1 Å². The van der Waals surface area contributed by atoms with E-state index in [-0.39, 0.29) is 22.5 Å². The first-order valence-electron chi connectivity index (χ1n) is 7.09. The van der Waals surface area contributed by atoms with Crippen molar-refractivity contribution in [2.24, 2.45) is 0 Å². The van der Waals surface area contributed by atoms with Gasteiger partial charge in [-0.3, -0.25) is 10.1 Å². The van der Waals surface area contributed by atoms with Crippen LogP contribution in [0.4, 0.5) is 21.5 Å². The predicted molar refractivity (Wildman–Crippen MR) is 80.1 cm³/mol. The van der Waals surface area contributed by atoms with Crippen molar-refractivity contribution in [2.45, 2.75) is 18.8 Å². The van der Waals surface area contributed by atoms with E-state index in [0.29, 0.717) is 11.6 Å². The Labute approximate surface area is 129 Å². The van der Waals surface area contributed by atoms with E-state index in [4.69, 9.17) is 0 Å². The first-order valence-corrected chi connectivity index (χ1v) is 7.09. The molecule has 0 radical (unpaired) electrons. The van der Waals surface area contributed by atoms with Crippen molar-refractivity contribution in [2.75, 3.05) is 5.32 Å². The van der Waals surface area contributed by atoms with Gasteiger partial charge >= 0.3 is 5.69 Å². The second-order valence-electron chi connectivity index (χ2n) is 5.48. The zero-order chi connectivity index (χ0) is 16.0. The molecule has 4 rings (SSSR count). The first kappa shape index (κ1) is 13.6. The average molecular weight is 314 g/mol. The minimum Gasteiger partial charge on any atom is -0.353 e. The van der Waals surface area contributed by atoms with Crippen LogP contribution in [0.5, 0.6) is 0 Å². The fourth-order valence-electron chi connectivity index (χ4n) is 2.63. The van der Waals surface area contributed by atoms with Gasteiger partial charge in [0.1, 0.15) is 5.82 Å².